The van der Waals surface area contributed by atoms with E-state index in [-0.39, 0.29) is 12.5 Å². The van der Waals surface area contributed by atoms with Gasteiger partial charge in [-0.2, -0.15) is 0 Å². The smallest absolute Gasteiger partial charge is 0.410 e. The number of amides is 2. The van der Waals surface area contributed by atoms with Crippen LogP contribution in [0.15, 0.2) is 24.3 Å². The zero-order valence-corrected chi connectivity index (χ0v) is 11.0. The first kappa shape index (κ1) is 13.4. The Morgan fingerprint density at radius 2 is 2.11 bits per heavy atom. The van der Waals surface area contributed by atoms with E-state index in [1.54, 1.807) is 0 Å². The summed E-state index contributed by atoms with van der Waals surface area (Å²) in [6, 6.07) is 7.69. The Morgan fingerprint density at radius 1 is 1.37 bits per heavy atom. The lowest BCUT2D eigenvalue weighted by molar-refractivity contribution is -0.117. The number of hydrogen-bond donors (Lipinski definition) is 1. The molecule has 1 fully saturated rings. The van der Waals surface area contributed by atoms with Gasteiger partial charge in [-0.15, -0.1) is 0 Å². The van der Waals surface area contributed by atoms with Crippen molar-refractivity contribution in [2.75, 3.05) is 25.0 Å². The molecule has 0 saturated carbocycles. The topological polar surface area (TPSA) is 58.6 Å². The van der Waals surface area contributed by atoms with Gasteiger partial charge in [-0.1, -0.05) is 19.1 Å². The highest BCUT2D eigenvalue weighted by Crippen LogP contribution is 2.10. The average molecular weight is 262 g/mol. The number of aryl methyl sites for hydroxylation is 1. The Bertz CT molecular complexity index is 456. The van der Waals surface area contributed by atoms with Crippen LogP contribution in [0.2, 0.25) is 0 Å². The van der Waals surface area contributed by atoms with Crippen LogP contribution in [0.25, 0.3) is 0 Å². The first-order valence-electron chi connectivity index (χ1n) is 6.49. The molecule has 1 aromatic rings. The molecule has 0 atom stereocenters. The van der Waals surface area contributed by atoms with Crippen molar-refractivity contribution in [2.45, 2.75) is 19.8 Å². The Labute approximate surface area is 112 Å². The van der Waals surface area contributed by atoms with E-state index in [0.717, 1.165) is 18.5 Å². The molecule has 1 N–H and O–H groups in total. The first-order chi connectivity index (χ1) is 9.19. The molecule has 19 heavy (non-hydrogen) atoms. The standard InChI is InChI=1S/C14H18N2O3/c1-2-11-4-6-12(7-5-11)15-13(17)10-16-8-3-9-19-14(16)18/h4-7H,2-3,8-10H2,1H3,(H,15,17). The lowest BCUT2D eigenvalue weighted by Crippen LogP contribution is -2.42. The molecule has 102 valence electrons. The fourth-order valence-corrected chi connectivity index (χ4v) is 1.94. The van der Waals surface area contributed by atoms with Crippen molar-refractivity contribution in [1.82, 2.24) is 4.90 Å². The molecule has 0 radical (unpaired) electrons. The van der Waals surface area contributed by atoms with Crippen LogP contribution < -0.4 is 5.32 Å². The van der Waals surface area contributed by atoms with Crippen LogP contribution >= 0.6 is 0 Å². The molecule has 0 spiro atoms. The molecule has 2 amide bonds. The highest BCUT2D eigenvalue weighted by atomic mass is 16.6. The van der Waals surface area contributed by atoms with E-state index in [9.17, 15) is 9.59 Å². The van der Waals surface area contributed by atoms with E-state index in [1.807, 2.05) is 24.3 Å². The summed E-state index contributed by atoms with van der Waals surface area (Å²) >= 11 is 0. The minimum Gasteiger partial charge on any atom is -0.449 e. The highest BCUT2D eigenvalue weighted by Gasteiger charge is 2.21. The third-order valence-electron chi connectivity index (χ3n) is 3.04. The fourth-order valence-electron chi connectivity index (χ4n) is 1.94. The largest absolute Gasteiger partial charge is 0.449 e. The van der Waals surface area contributed by atoms with Crippen LogP contribution in [0.5, 0.6) is 0 Å². The molecule has 1 heterocycles. The monoisotopic (exact) mass is 262 g/mol. The third-order valence-corrected chi connectivity index (χ3v) is 3.04. The molecular weight excluding hydrogens is 244 g/mol. The summed E-state index contributed by atoms with van der Waals surface area (Å²) in [6.07, 6.45) is 1.32. The number of ether oxygens (including phenoxy) is 1. The van der Waals surface area contributed by atoms with Crippen molar-refractivity contribution < 1.29 is 14.3 Å². The van der Waals surface area contributed by atoms with Crippen LogP contribution in [0.1, 0.15) is 18.9 Å². The van der Waals surface area contributed by atoms with Crippen LogP contribution in [-0.4, -0.2) is 36.6 Å². The van der Waals surface area contributed by atoms with Crippen molar-refractivity contribution in [1.29, 1.82) is 0 Å². The highest BCUT2D eigenvalue weighted by molar-refractivity contribution is 5.93. The van der Waals surface area contributed by atoms with Gasteiger partial charge < -0.3 is 10.1 Å². The molecule has 1 aliphatic rings. The van der Waals surface area contributed by atoms with Gasteiger partial charge in [0.05, 0.1) is 6.61 Å². The second-order valence-electron chi connectivity index (χ2n) is 4.49. The molecular formula is C14H18N2O3. The number of carbonyl (C=O) groups excluding carboxylic acids is 2. The van der Waals surface area contributed by atoms with E-state index in [4.69, 9.17) is 4.74 Å². The number of cyclic esters (lactones) is 1. The number of rotatable bonds is 4. The Balaban J connectivity index is 1.87. The second kappa shape index (κ2) is 6.22. The molecule has 0 bridgehead atoms. The van der Waals surface area contributed by atoms with Crippen LogP contribution in [0.3, 0.4) is 0 Å². The zero-order chi connectivity index (χ0) is 13.7. The third kappa shape index (κ3) is 3.71. The molecule has 0 unspecified atom stereocenters. The lowest BCUT2D eigenvalue weighted by atomic mass is 10.1. The number of benzene rings is 1. The summed E-state index contributed by atoms with van der Waals surface area (Å²) in [7, 11) is 0. The van der Waals surface area contributed by atoms with Gasteiger partial charge in [-0.3, -0.25) is 9.69 Å². The van der Waals surface area contributed by atoms with Gasteiger partial charge in [0.25, 0.3) is 0 Å². The SMILES string of the molecule is CCc1ccc(NC(=O)CN2CCCOC2=O)cc1. The number of anilines is 1. The van der Waals surface area contributed by atoms with Crippen LogP contribution in [-0.2, 0) is 16.0 Å². The second-order valence-corrected chi connectivity index (χ2v) is 4.49. The molecule has 5 nitrogen and oxygen atoms in total. The summed E-state index contributed by atoms with van der Waals surface area (Å²) in [5.41, 5.74) is 1.96. The number of carbonyl (C=O) groups is 2. The molecule has 0 aliphatic carbocycles. The predicted molar refractivity (Wildman–Crippen MR) is 72.0 cm³/mol. The van der Waals surface area contributed by atoms with Crippen molar-refractivity contribution in [3.63, 3.8) is 0 Å². The van der Waals surface area contributed by atoms with Gasteiger partial charge in [0, 0.05) is 12.2 Å². The quantitative estimate of drug-likeness (QED) is 0.903. The number of nitrogens with zero attached hydrogens (tertiary/aromatic N) is 1. The summed E-state index contributed by atoms with van der Waals surface area (Å²) < 4.78 is 4.88. The van der Waals surface area contributed by atoms with Crippen LogP contribution in [0, 0.1) is 0 Å². The summed E-state index contributed by atoms with van der Waals surface area (Å²) in [5.74, 6) is -0.205. The van der Waals surface area contributed by atoms with Gasteiger partial charge in [0.1, 0.15) is 6.54 Å². The summed E-state index contributed by atoms with van der Waals surface area (Å²) in [6.45, 7) is 3.13. The van der Waals surface area contributed by atoms with Crippen molar-refractivity contribution >= 4 is 17.7 Å². The number of hydrogen-bond acceptors (Lipinski definition) is 3. The molecule has 1 saturated heterocycles. The van der Waals surface area contributed by atoms with Gasteiger partial charge in [-0.05, 0) is 30.5 Å². The van der Waals surface area contributed by atoms with Crippen molar-refractivity contribution in [2.24, 2.45) is 0 Å². The van der Waals surface area contributed by atoms with Gasteiger partial charge in [0.2, 0.25) is 5.91 Å². The first-order valence-corrected chi connectivity index (χ1v) is 6.49. The van der Waals surface area contributed by atoms with Crippen LogP contribution in [0.4, 0.5) is 10.5 Å². The zero-order valence-electron chi connectivity index (χ0n) is 11.0. The Hall–Kier alpha value is -2.04. The molecule has 2 rings (SSSR count). The van der Waals surface area contributed by atoms with E-state index in [2.05, 4.69) is 12.2 Å². The molecule has 5 heteroatoms. The minimum absolute atomic E-state index is 0.0361. The van der Waals surface area contributed by atoms with Gasteiger partial charge >= 0.3 is 6.09 Å². The van der Waals surface area contributed by atoms with Gasteiger partial charge in [-0.25, -0.2) is 4.79 Å². The number of nitrogens with one attached hydrogen (secondary N) is 1. The molecule has 1 aliphatic heterocycles. The van der Waals surface area contributed by atoms with Crippen molar-refractivity contribution in [3.8, 4) is 0 Å². The lowest BCUT2D eigenvalue weighted by Gasteiger charge is -2.25. The predicted octanol–water partition coefficient (Wildman–Crippen LogP) is 2.03. The molecule has 1 aromatic carbocycles. The van der Waals surface area contributed by atoms with Crippen molar-refractivity contribution in [3.05, 3.63) is 29.8 Å². The van der Waals surface area contributed by atoms with E-state index < -0.39 is 6.09 Å². The van der Waals surface area contributed by atoms with Gasteiger partial charge in [0.15, 0.2) is 0 Å². The Kier molecular flexibility index (Phi) is 4.39. The van der Waals surface area contributed by atoms with E-state index in [0.29, 0.717) is 13.2 Å². The normalized spacial score (nSPS) is 15.0. The molecule has 0 aromatic heterocycles. The summed E-state index contributed by atoms with van der Waals surface area (Å²) in [4.78, 5) is 24.6. The summed E-state index contributed by atoms with van der Waals surface area (Å²) in [5, 5.41) is 2.77. The fraction of sp³-hybridized carbons (Fsp3) is 0.429. The van der Waals surface area contributed by atoms with E-state index in [1.165, 1.54) is 10.5 Å². The maximum atomic E-state index is 11.8. The Morgan fingerprint density at radius 3 is 2.74 bits per heavy atom. The average Bonchev–Trinajstić information content (AvgIpc) is 2.42. The maximum Gasteiger partial charge on any atom is 0.410 e. The maximum absolute atomic E-state index is 11.8. The van der Waals surface area contributed by atoms with E-state index >= 15 is 0 Å². The minimum atomic E-state index is -0.414.